The number of rotatable bonds is 5. The van der Waals surface area contributed by atoms with Crippen molar-refractivity contribution >= 4 is 23.4 Å². The summed E-state index contributed by atoms with van der Waals surface area (Å²) in [5.41, 5.74) is 1.07. The van der Waals surface area contributed by atoms with Gasteiger partial charge in [0.15, 0.2) is 6.10 Å². The van der Waals surface area contributed by atoms with Crippen molar-refractivity contribution in [2.24, 2.45) is 0 Å². The predicted molar refractivity (Wildman–Crippen MR) is 96.8 cm³/mol. The van der Waals surface area contributed by atoms with Gasteiger partial charge in [-0.1, -0.05) is 54.1 Å². The Hall–Kier alpha value is -2.98. The maximum Gasteiger partial charge on any atom is 0.339 e. The highest BCUT2D eigenvalue weighted by molar-refractivity contribution is 6.30. The number of hydrogen-bond donors (Lipinski definition) is 0. The monoisotopic (exact) mass is 368 g/mol. The molecule has 3 rings (SSSR count). The van der Waals surface area contributed by atoms with Gasteiger partial charge in [-0.25, -0.2) is 9.18 Å². The standard InChI is InChI=1S/C21H14ClFO3/c22-17-10-6-15(7-11-17)20(19(24)14-4-2-1-3-5-14)26-21(25)16-8-12-18(23)13-9-16/h1-13,20H/t20-/m0/s1. The summed E-state index contributed by atoms with van der Waals surface area (Å²) in [6.07, 6.45) is -1.13. The Kier molecular flexibility index (Phi) is 5.44. The minimum atomic E-state index is -1.13. The number of esters is 1. The Morgan fingerprint density at radius 3 is 2.04 bits per heavy atom. The number of ether oxygens (including phenoxy) is 1. The average Bonchev–Trinajstić information content (AvgIpc) is 2.67. The smallest absolute Gasteiger partial charge is 0.339 e. The molecule has 0 saturated heterocycles. The minimum Gasteiger partial charge on any atom is -0.445 e. The van der Waals surface area contributed by atoms with Gasteiger partial charge in [0.1, 0.15) is 5.82 Å². The first-order valence-electron chi connectivity index (χ1n) is 7.86. The Balaban J connectivity index is 1.92. The second kappa shape index (κ2) is 7.93. The summed E-state index contributed by atoms with van der Waals surface area (Å²) < 4.78 is 18.5. The molecule has 0 heterocycles. The number of carbonyl (C=O) groups excluding carboxylic acids is 2. The zero-order valence-corrected chi connectivity index (χ0v) is 14.3. The maximum atomic E-state index is 13.0. The van der Waals surface area contributed by atoms with Gasteiger partial charge in [0.25, 0.3) is 0 Å². The van der Waals surface area contributed by atoms with Crippen LogP contribution in [-0.4, -0.2) is 11.8 Å². The number of benzene rings is 3. The van der Waals surface area contributed by atoms with E-state index in [0.717, 1.165) is 12.1 Å². The quantitative estimate of drug-likeness (QED) is 0.455. The van der Waals surface area contributed by atoms with E-state index < -0.39 is 17.9 Å². The van der Waals surface area contributed by atoms with Crippen LogP contribution < -0.4 is 0 Å². The zero-order valence-electron chi connectivity index (χ0n) is 13.6. The van der Waals surface area contributed by atoms with Crippen molar-refractivity contribution in [3.63, 3.8) is 0 Å². The lowest BCUT2D eigenvalue weighted by Gasteiger charge is -2.17. The number of halogens is 2. The van der Waals surface area contributed by atoms with Crippen LogP contribution in [-0.2, 0) is 4.74 Å². The van der Waals surface area contributed by atoms with Crippen LogP contribution in [0.3, 0.4) is 0 Å². The third-order valence-corrected chi connectivity index (χ3v) is 4.03. The number of carbonyl (C=O) groups is 2. The molecule has 0 spiro atoms. The molecule has 0 aliphatic carbocycles. The van der Waals surface area contributed by atoms with Gasteiger partial charge in [-0.3, -0.25) is 4.79 Å². The topological polar surface area (TPSA) is 43.4 Å². The summed E-state index contributed by atoms with van der Waals surface area (Å²) >= 11 is 5.90. The third-order valence-electron chi connectivity index (χ3n) is 3.77. The molecule has 26 heavy (non-hydrogen) atoms. The number of ketones is 1. The molecular weight excluding hydrogens is 355 g/mol. The molecule has 0 amide bonds. The normalized spacial score (nSPS) is 11.6. The molecule has 0 bridgehead atoms. The number of Topliss-reactive ketones (excluding diaryl/α,β-unsaturated/α-hetero) is 1. The highest BCUT2D eigenvalue weighted by Crippen LogP contribution is 2.25. The average molecular weight is 369 g/mol. The van der Waals surface area contributed by atoms with E-state index in [9.17, 15) is 14.0 Å². The summed E-state index contributed by atoms with van der Waals surface area (Å²) in [5, 5.41) is 0.504. The second-order valence-electron chi connectivity index (χ2n) is 5.57. The van der Waals surface area contributed by atoms with Crippen LogP contribution in [0.2, 0.25) is 5.02 Å². The first-order valence-corrected chi connectivity index (χ1v) is 8.23. The third kappa shape index (κ3) is 4.16. The Bertz CT molecular complexity index is 906. The Morgan fingerprint density at radius 2 is 1.42 bits per heavy atom. The van der Waals surface area contributed by atoms with Crippen molar-refractivity contribution in [1.29, 1.82) is 0 Å². The van der Waals surface area contributed by atoms with Gasteiger partial charge in [0.2, 0.25) is 5.78 Å². The highest BCUT2D eigenvalue weighted by atomic mass is 35.5. The van der Waals surface area contributed by atoms with Crippen molar-refractivity contribution < 1.29 is 18.7 Å². The lowest BCUT2D eigenvalue weighted by atomic mass is 9.99. The SMILES string of the molecule is O=C(O[C@H](C(=O)c1ccccc1)c1ccc(Cl)cc1)c1ccc(F)cc1. The Labute approximate surface area is 155 Å². The second-order valence-corrected chi connectivity index (χ2v) is 6.01. The molecule has 1 atom stereocenters. The molecule has 0 unspecified atom stereocenters. The van der Waals surface area contributed by atoms with E-state index in [2.05, 4.69) is 0 Å². The minimum absolute atomic E-state index is 0.159. The molecule has 3 aromatic rings. The molecule has 0 aliphatic heterocycles. The van der Waals surface area contributed by atoms with E-state index >= 15 is 0 Å². The molecule has 130 valence electrons. The van der Waals surface area contributed by atoms with E-state index in [1.54, 1.807) is 54.6 Å². The fourth-order valence-electron chi connectivity index (χ4n) is 2.43. The van der Waals surface area contributed by atoms with Crippen molar-refractivity contribution in [1.82, 2.24) is 0 Å². The molecule has 0 saturated carbocycles. The molecule has 5 heteroatoms. The van der Waals surface area contributed by atoms with E-state index in [1.807, 2.05) is 0 Å². The van der Waals surface area contributed by atoms with Crippen LogP contribution >= 0.6 is 11.6 Å². The van der Waals surface area contributed by atoms with E-state index in [4.69, 9.17) is 16.3 Å². The van der Waals surface area contributed by atoms with Crippen molar-refractivity contribution in [3.05, 3.63) is 106 Å². The summed E-state index contributed by atoms with van der Waals surface area (Å²) in [4.78, 5) is 25.3. The van der Waals surface area contributed by atoms with Crippen LogP contribution in [0, 0.1) is 5.82 Å². The lowest BCUT2D eigenvalue weighted by molar-refractivity contribution is 0.0280. The van der Waals surface area contributed by atoms with Crippen LogP contribution in [0.25, 0.3) is 0 Å². The molecular formula is C21H14ClFO3. The summed E-state index contributed by atoms with van der Waals surface area (Å²) in [6.45, 7) is 0. The molecule has 0 fully saturated rings. The molecule has 3 aromatic carbocycles. The highest BCUT2D eigenvalue weighted by Gasteiger charge is 2.26. The first-order chi connectivity index (χ1) is 12.5. The fraction of sp³-hybridized carbons (Fsp3) is 0.0476. The van der Waals surface area contributed by atoms with Crippen LogP contribution in [0.5, 0.6) is 0 Å². The van der Waals surface area contributed by atoms with Gasteiger partial charge in [0, 0.05) is 16.1 Å². The number of hydrogen-bond acceptors (Lipinski definition) is 3. The van der Waals surface area contributed by atoms with Gasteiger partial charge < -0.3 is 4.74 Å². The maximum absolute atomic E-state index is 13.0. The van der Waals surface area contributed by atoms with Crippen LogP contribution in [0.4, 0.5) is 4.39 Å². The van der Waals surface area contributed by atoms with E-state index in [0.29, 0.717) is 16.1 Å². The van der Waals surface area contributed by atoms with E-state index in [-0.39, 0.29) is 11.3 Å². The molecule has 0 aliphatic rings. The first kappa shape index (κ1) is 17.8. The van der Waals surface area contributed by atoms with Crippen molar-refractivity contribution in [2.75, 3.05) is 0 Å². The molecule has 0 N–H and O–H groups in total. The van der Waals surface area contributed by atoms with Gasteiger partial charge in [-0.05, 0) is 36.4 Å². The molecule has 3 nitrogen and oxygen atoms in total. The Morgan fingerprint density at radius 1 is 0.808 bits per heavy atom. The zero-order chi connectivity index (χ0) is 18.5. The van der Waals surface area contributed by atoms with Gasteiger partial charge in [-0.2, -0.15) is 0 Å². The summed E-state index contributed by atoms with van der Waals surface area (Å²) in [7, 11) is 0. The lowest BCUT2D eigenvalue weighted by Crippen LogP contribution is -2.20. The molecule has 0 aromatic heterocycles. The van der Waals surface area contributed by atoms with Gasteiger partial charge in [-0.15, -0.1) is 0 Å². The summed E-state index contributed by atoms with van der Waals surface area (Å²) in [5.74, 6) is -1.53. The van der Waals surface area contributed by atoms with Crippen molar-refractivity contribution in [2.45, 2.75) is 6.10 Å². The fourth-order valence-corrected chi connectivity index (χ4v) is 2.55. The van der Waals surface area contributed by atoms with Crippen LogP contribution in [0.1, 0.15) is 32.4 Å². The molecule has 0 radical (unpaired) electrons. The predicted octanol–water partition coefficient (Wildman–Crippen LogP) is 5.26. The van der Waals surface area contributed by atoms with Crippen molar-refractivity contribution in [3.8, 4) is 0 Å². The van der Waals surface area contributed by atoms with Crippen LogP contribution in [0.15, 0.2) is 78.9 Å². The van der Waals surface area contributed by atoms with E-state index in [1.165, 1.54) is 12.1 Å². The van der Waals surface area contributed by atoms with Gasteiger partial charge in [0.05, 0.1) is 5.56 Å². The largest absolute Gasteiger partial charge is 0.445 e. The van der Waals surface area contributed by atoms with Gasteiger partial charge >= 0.3 is 5.97 Å². The summed E-state index contributed by atoms with van der Waals surface area (Å²) in [6, 6.07) is 20.0.